The van der Waals surface area contributed by atoms with Crippen LogP contribution in [0, 0.1) is 0 Å². The van der Waals surface area contributed by atoms with Crippen LogP contribution in [-0.4, -0.2) is 41.0 Å². The summed E-state index contributed by atoms with van der Waals surface area (Å²) >= 11 is 0. The molecule has 3 N–H and O–H groups in total. The lowest BCUT2D eigenvalue weighted by Crippen LogP contribution is -2.33. The lowest BCUT2D eigenvalue weighted by Gasteiger charge is -2.19. The number of hydrogen-bond acceptors (Lipinski definition) is 5. The van der Waals surface area contributed by atoms with E-state index in [1.165, 1.54) is 18.2 Å². The first-order valence-corrected chi connectivity index (χ1v) is 8.23. The molecule has 0 aromatic heterocycles. The van der Waals surface area contributed by atoms with Crippen molar-refractivity contribution in [2.24, 2.45) is 0 Å². The molecular weight excluding hydrogens is 340 g/mol. The molecule has 1 aromatic carbocycles. The maximum absolute atomic E-state index is 12.0. The van der Waals surface area contributed by atoms with Gasteiger partial charge in [-0.25, -0.2) is 9.59 Å². The molecule has 0 aliphatic carbocycles. The summed E-state index contributed by atoms with van der Waals surface area (Å²) in [7, 11) is 0. The van der Waals surface area contributed by atoms with Crippen molar-refractivity contribution in [1.29, 1.82) is 0 Å². The van der Waals surface area contributed by atoms with E-state index < -0.39 is 23.4 Å². The Morgan fingerprint density at radius 2 is 1.73 bits per heavy atom. The summed E-state index contributed by atoms with van der Waals surface area (Å²) in [5.41, 5.74) is -0.471. The predicted molar refractivity (Wildman–Crippen MR) is 95.1 cm³/mol. The van der Waals surface area contributed by atoms with Crippen molar-refractivity contribution in [3.05, 3.63) is 29.8 Å². The molecular formula is C18H24N2O6. The number of anilines is 1. The minimum atomic E-state index is -1.58. The number of benzene rings is 1. The van der Waals surface area contributed by atoms with E-state index in [4.69, 9.17) is 9.84 Å². The Morgan fingerprint density at radius 3 is 2.35 bits per heavy atom. The van der Waals surface area contributed by atoms with Gasteiger partial charge >= 0.3 is 12.1 Å². The van der Waals surface area contributed by atoms with Crippen LogP contribution in [0.15, 0.2) is 24.3 Å². The second kappa shape index (κ2) is 9.55. The number of carboxylic acid groups (broad SMARTS) is 1. The van der Waals surface area contributed by atoms with E-state index in [2.05, 4.69) is 10.6 Å². The number of aliphatic carboxylic acids is 1. The first kappa shape index (κ1) is 21.1. The highest BCUT2D eigenvalue weighted by atomic mass is 16.6. The van der Waals surface area contributed by atoms with Gasteiger partial charge in [-0.1, -0.05) is 12.1 Å². The van der Waals surface area contributed by atoms with Crippen molar-refractivity contribution in [3.63, 3.8) is 0 Å². The highest BCUT2D eigenvalue weighted by Gasteiger charge is 2.19. The molecule has 0 bridgehead atoms. The molecule has 0 fully saturated rings. The lowest BCUT2D eigenvalue weighted by molar-refractivity contribution is -0.131. The summed E-state index contributed by atoms with van der Waals surface area (Å²) in [6.07, 6.45) is 0.744. The fraction of sp³-hybridized carbons (Fsp3) is 0.444. The topological polar surface area (TPSA) is 122 Å². The second-order valence-electron chi connectivity index (χ2n) is 6.61. The molecule has 0 spiro atoms. The van der Waals surface area contributed by atoms with Gasteiger partial charge in [0.25, 0.3) is 5.78 Å². The lowest BCUT2D eigenvalue weighted by atomic mass is 10.1. The zero-order chi connectivity index (χ0) is 19.7. The summed E-state index contributed by atoms with van der Waals surface area (Å²) in [6.45, 7) is 5.67. The minimum Gasteiger partial charge on any atom is -0.475 e. The summed E-state index contributed by atoms with van der Waals surface area (Å²) in [5, 5.41) is 13.9. The van der Waals surface area contributed by atoms with Crippen molar-refractivity contribution in [3.8, 4) is 0 Å². The van der Waals surface area contributed by atoms with Crippen molar-refractivity contribution in [1.82, 2.24) is 5.32 Å². The molecule has 0 heterocycles. The monoisotopic (exact) mass is 364 g/mol. The summed E-state index contributed by atoms with van der Waals surface area (Å²) in [4.78, 5) is 45.8. The van der Waals surface area contributed by atoms with Crippen molar-refractivity contribution < 1.29 is 29.0 Å². The number of rotatable bonds is 8. The first-order chi connectivity index (χ1) is 12.1. The molecule has 1 aromatic rings. The smallest absolute Gasteiger partial charge is 0.407 e. The Morgan fingerprint density at radius 1 is 1.08 bits per heavy atom. The third-order valence-corrected chi connectivity index (χ3v) is 3.14. The van der Waals surface area contributed by atoms with Gasteiger partial charge in [-0.3, -0.25) is 9.59 Å². The van der Waals surface area contributed by atoms with Gasteiger partial charge in [-0.05, 0) is 45.7 Å². The van der Waals surface area contributed by atoms with E-state index in [0.29, 0.717) is 19.4 Å². The maximum atomic E-state index is 12.0. The number of hydrogen-bond donors (Lipinski definition) is 3. The standard InChI is InChI=1S/C18H24N2O6/c1-18(2,3)26-17(25)19-11-7-6-10-14(21)20-13-9-5-4-8-12(13)15(22)16(23)24/h4-5,8-9H,6-7,10-11H2,1-3H3,(H,19,25)(H,20,21)(H,23,24). The molecule has 0 saturated carbocycles. The van der Waals surface area contributed by atoms with Crippen LogP contribution >= 0.6 is 0 Å². The van der Waals surface area contributed by atoms with Crippen LogP contribution in [0.5, 0.6) is 0 Å². The van der Waals surface area contributed by atoms with Crippen LogP contribution in [0.2, 0.25) is 0 Å². The number of Topliss-reactive ketones (excluding diaryl/α,β-unsaturated/α-hetero) is 1. The van der Waals surface area contributed by atoms with Gasteiger partial charge in [-0.15, -0.1) is 0 Å². The Hall–Kier alpha value is -2.90. The van der Waals surface area contributed by atoms with Gasteiger partial charge in [0.2, 0.25) is 5.91 Å². The number of carboxylic acids is 1. The molecule has 0 saturated heterocycles. The predicted octanol–water partition coefficient (Wildman–Crippen LogP) is 2.59. The maximum Gasteiger partial charge on any atom is 0.407 e. The number of carbonyl (C=O) groups is 4. The SMILES string of the molecule is CC(C)(C)OC(=O)NCCCCC(=O)Nc1ccccc1C(=O)C(=O)O. The fourth-order valence-corrected chi connectivity index (χ4v) is 2.03. The molecule has 0 atom stereocenters. The first-order valence-electron chi connectivity index (χ1n) is 8.23. The van der Waals surface area contributed by atoms with Gasteiger partial charge in [0.1, 0.15) is 5.60 Å². The van der Waals surface area contributed by atoms with Crippen LogP contribution in [0.1, 0.15) is 50.4 Å². The number of nitrogens with one attached hydrogen (secondary N) is 2. The van der Waals surface area contributed by atoms with Crippen LogP contribution in [-0.2, 0) is 14.3 Å². The average molecular weight is 364 g/mol. The third kappa shape index (κ3) is 7.78. The Labute approximate surface area is 151 Å². The summed E-state index contributed by atoms with van der Waals surface area (Å²) in [6, 6.07) is 5.93. The Bertz CT molecular complexity index is 679. The molecule has 2 amide bonds. The molecule has 0 radical (unpaired) electrons. The quantitative estimate of drug-likeness (QED) is 0.370. The van der Waals surface area contributed by atoms with E-state index in [1.807, 2.05) is 0 Å². The van der Waals surface area contributed by atoms with Crippen molar-refractivity contribution in [2.45, 2.75) is 45.6 Å². The normalized spacial score (nSPS) is 10.7. The number of unbranched alkanes of at least 4 members (excludes halogenated alkanes) is 1. The largest absolute Gasteiger partial charge is 0.475 e. The van der Waals surface area contributed by atoms with E-state index in [1.54, 1.807) is 26.8 Å². The zero-order valence-corrected chi connectivity index (χ0v) is 15.1. The highest BCUT2D eigenvalue weighted by Crippen LogP contribution is 2.16. The fourth-order valence-electron chi connectivity index (χ4n) is 2.03. The van der Waals surface area contributed by atoms with Crippen molar-refractivity contribution in [2.75, 3.05) is 11.9 Å². The van der Waals surface area contributed by atoms with Crippen LogP contribution in [0.25, 0.3) is 0 Å². The van der Waals surface area contributed by atoms with Gasteiger partial charge in [0.15, 0.2) is 0 Å². The highest BCUT2D eigenvalue weighted by molar-refractivity contribution is 6.41. The molecule has 1 rings (SSSR count). The van der Waals surface area contributed by atoms with Crippen molar-refractivity contribution >= 4 is 29.4 Å². The molecule has 142 valence electrons. The third-order valence-electron chi connectivity index (χ3n) is 3.14. The van der Waals surface area contributed by atoms with Crippen LogP contribution in [0.4, 0.5) is 10.5 Å². The van der Waals surface area contributed by atoms with Gasteiger partial charge in [0, 0.05) is 13.0 Å². The van der Waals surface area contributed by atoms with E-state index in [0.717, 1.165) is 0 Å². The number of alkyl carbamates (subject to hydrolysis) is 1. The Kier molecular flexibility index (Phi) is 7.77. The van der Waals surface area contributed by atoms with Crippen LogP contribution in [0.3, 0.4) is 0 Å². The van der Waals surface area contributed by atoms with E-state index >= 15 is 0 Å². The molecule has 0 aliphatic heterocycles. The number of ether oxygens (including phenoxy) is 1. The minimum absolute atomic E-state index is 0.0695. The van der Waals surface area contributed by atoms with Gasteiger partial charge in [0.05, 0.1) is 11.3 Å². The van der Waals surface area contributed by atoms with E-state index in [9.17, 15) is 19.2 Å². The van der Waals surface area contributed by atoms with Gasteiger partial charge in [-0.2, -0.15) is 0 Å². The van der Waals surface area contributed by atoms with Crippen LogP contribution < -0.4 is 10.6 Å². The number of carbonyl (C=O) groups excluding carboxylic acids is 3. The molecule has 8 heteroatoms. The van der Waals surface area contributed by atoms with E-state index in [-0.39, 0.29) is 23.6 Å². The number of para-hydroxylation sites is 1. The molecule has 8 nitrogen and oxygen atoms in total. The summed E-state index contributed by atoms with van der Waals surface area (Å²) < 4.78 is 5.09. The zero-order valence-electron chi connectivity index (χ0n) is 15.1. The Balaban J connectivity index is 2.39. The average Bonchev–Trinajstić information content (AvgIpc) is 2.52. The summed E-state index contributed by atoms with van der Waals surface area (Å²) in [5.74, 6) is -3.00. The molecule has 26 heavy (non-hydrogen) atoms. The number of ketones is 1. The second-order valence-corrected chi connectivity index (χ2v) is 6.61. The molecule has 0 aliphatic rings. The molecule has 0 unspecified atom stereocenters. The van der Waals surface area contributed by atoms with Gasteiger partial charge < -0.3 is 20.5 Å². The number of amides is 2.